The van der Waals surface area contributed by atoms with Crippen molar-refractivity contribution < 1.29 is 48.4 Å². The summed E-state index contributed by atoms with van der Waals surface area (Å²) in [6, 6.07) is 11.6. The zero-order valence-corrected chi connectivity index (χ0v) is 26.3. The van der Waals surface area contributed by atoms with Crippen molar-refractivity contribution in [3.8, 4) is 17.2 Å². The van der Waals surface area contributed by atoms with Gasteiger partial charge in [-0.15, -0.1) is 0 Å². The highest BCUT2D eigenvalue weighted by atomic mass is 35.5. The Bertz CT molecular complexity index is 2010. The maximum absolute atomic E-state index is 14.5. The summed E-state index contributed by atoms with van der Waals surface area (Å²) in [5.41, 5.74) is -0.486. The number of hydrogen-bond acceptors (Lipinski definition) is 8. The molecule has 3 aromatic rings. The minimum atomic E-state index is -1.40. The Balaban J connectivity index is 1.36. The number of carboxylic acids is 1. The van der Waals surface area contributed by atoms with Crippen molar-refractivity contribution in [2.75, 3.05) is 16.9 Å². The molecule has 2 aliphatic heterocycles. The number of amides is 4. The predicted molar refractivity (Wildman–Crippen MR) is 168 cm³/mol. The summed E-state index contributed by atoms with van der Waals surface area (Å²) in [5.74, 6) is -9.15. The molecule has 0 aromatic heterocycles. The van der Waals surface area contributed by atoms with Crippen LogP contribution in [0.4, 0.5) is 15.8 Å². The van der Waals surface area contributed by atoms with Crippen LogP contribution in [-0.4, -0.2) is 52.0 Å². The number of ether oxygens (including phenoxy) is 1. The van der Waals surface area contributed by atoms with Gasteiger partial charge in [0.25, 0.3) is 0 Å². The third kappa shape index (κ3) is 4.28. The lowest BCUT2D eigenvalue weighted by Crippen LogP contribution is -2.48. The van der Waals surface area contributed by atoms with Crippen molar-refractivity contribution in [3.63, 3.8) is 0 Å². The van der Waals surface area contributed by atoms with Crippen molar-refractivity contribution in [2.45, 2.75) is 25.7 Å². The summed E-state index contributed by atoms with van der Waals surface area (Å²) in [6.07, 6.45) is 2.02. The lowest BCUT2D eigenvalue weighted by atomic mass is 9.51. The number of benzene rings is 3. The highest BCUT2D eigenvalue weighted by Crippen LogP contribution is 2.64. The molecule has 246 valence electrons. The number of carboxylic acid groups (broad SMARTS) is 1. The van der Waals surface area contributed by atoms with Crippen molar-refractivity contribution in [3.05, 3.63) is 88.2 Å². The molecule has 7 rings (SSSR count). The molecule has 0 bridgehead atoms. The third-order valence-electron chi connectivity index (χ3n) is 10.4. The molecular weight excluding hydrogens is 647 g/mol. The van der Waals surface area contributed by atoms with Crippen molar-refractivity contribution in [1.82, 2.24) is 0 Å². The minimum absolute atomic E-state index is 0.00963. The van der Waals surface area contributed by atoms with Crippen LogP contribution in [0.25, 0.3) is 0 Å². The number of fused-ring (bicyclic) bond motifs is 4. The van der Waals surface area contributed by atoms with E-state index in [0.717, 1.165) is 28.0 Å². The number of anilines is 2. The standard InChI is InChI=1S/C35H28ClFN2O9/c1-35-22(31(43)39(34(35)47)16-5-9-24(37)23(36)12-16)14-21-18(29(35)15-3-10-25(40)27(11-15)48-2)7-8-20-28(21)32(44)38(30(20)42)17-4-6-19(33(45)46)26(41)13-17/h3-7,9-13,20-22,28-29,40-41H,8,14H2,1-2H3,(H,45,46). The van der Waals surface area contributed by atoms with E-state index in [9.17, 15) is 43.7 Å². The molecule has 3 aromatic carbocycles. The van der Waals surface area contributed by atoms with Crippen LogP contribution in [0.2, 0.25) is 5.02 Å². The highest BCUT2D eigenvalue weighted by molar-refractivity contribution is 6.32. The Hall–Kier alpha value is -5.23. The van der Waals surface area contributed by atoms with Crippen LogP contribution in [0.1, 0.15) is 41.6 Å². The van der Waals surface area contributed by atoms with E-state index in [0.29, 0.717) is 11.1 Å². The SMILES string of the molecule is COc1cc(C2C3=CCC4C(=O)N(c5ccc(C(=O)O)c(O)c5)C(=O)C4C3CC3C(=O)N(c4ccc(F)c(Cl)c4)C(=O)C32C)ccc1O. The molecule has 4 aliphatic rings. The van der Waals surface area contributed by atoms with Crippen LogP contribution in [0, 0.1) is 34.9 Å². The monoisotopic (exact) mass is 674 g/mol. The second-order valence-electron chi connectivity index (χ2n) is 12.7. The number of phenols is 2. The Kier molecular flexibility index (Phi) is 7.13. The summed E-state index contributed by atoms with van der Waals surface area (Å²) in [6.45, 7) is 1.68. The molecule has 1 saturated carbocycles. The molecule has 11 nitrogen and oxygen atoms in total. The molecular formula is C35H28ClFN2O9. The number of carbonyl (C=O) groups excluding carboxylic acids is 4. The first-order valence-corrected chi connectivity index (χ1v) is 15.5. The molecule has 48 heavy (non-hydrogen) atoms. The average Bonchev–Trinajstić information content (AvgIpc) is 3.42. The quantitative estimate of drug-likeness (QED) is 0.249. The van der Waals surface area contributed by atoms with Gasteiger partial charge in [0.2, 0.25) is 23.6 Å². The number of halogens is 2. The van der Waals surface area contributed by atoms with Gasteiger partial charge >= 0.3 is 5.97 Å². The summed E-state index contributed by atoms with van der Waals surface area (Å²) >= 11 is 6.05. The van der Waals surface area contributed by atoms with Gasteiger partial charge in [0.1, 0.15) is 17.1 Å². The van der Waals surface area contributed by atoms with Crippen molar-refractivity contribution in [1.29, 1.82) is 0 Å². The van der Waals surface area contributed by atoms with E-state index in [4.69, 9.17) is 16.3 Å². The van der Waals surface area contributed by atoms with Gasteiger partial charge in [0, 0.05) is 12.0 Å². The fourth-order valence-corrected chi connectivity index (χ4v) is 8.41. The largest absolute Gasteiger partial charge is 0.507 e. The fraction of sp³-hybridized carbons (Fsp3) is 0.286. The molecule has 2 aliphatic carbocycles. The van der Waals surface area contributed by atoms with Gasteiger partial charge in [-0.1, -0.05) is 29.3 Å². The topological polar surface area (TPSA) is 162 Å². The molecule has 4 amide bonds. The van der Waals surface area contributed by atoms with E-state index in [-0.39, 0.29) is 40.7 Å². The third-order valence-corrected chi connectivity index (χ3v) is 10.7. The van der Waals surface area contributed by atoms with Crippen LogP contribution in [0.5, 0.6) is 17.2 Å². The summed E-state index contributed by atoms with van der Waals surface area (Å²) in [7, 11) is 1.37. The van der Waals surface area contributed by atoms with E-state index in [2.05, 4.69) is 0 Å². The molecule has 6 unspecified atom stereocenters. The number of aromatic hydroxyl groups is 2. The molecule has 3 N–H and O–H groups in total. The Morgan fingerprint density at radius 3 is 2.29 bits per heavy atom. The lowest BCUT2D eigenvalue weighted by molar-refractivity contribution is -0.131. The summed E-state index contributed by atoms with van der Waals surface area (Å²) in [5, 5.41) is 29.8. The lowest BCUT2D eigenvalue weighted by Gasteiger charge is -2.49. The number of methoxy groups -OCH3 is 1. The van der Waals surface area contributed by atoms with Gasteiger partial charge in [0.05, 0.1) is 46.7 Å². The van der Waals surface area contributed by atoms with Crippen molar-refractivity contribution >= 4 is 52.6 Å². The smallest absolute Gasteiger partial charge is 0.339 e. The average molecular weight is 675 g/mol. The number of rotatable bonds is 5. The first kappa shape index (κ1) is 31.4. The van der Waals surface area contributed by atoms with E-state index in [1.807, 2.05) is 6.08 Å². The van der Waals surface area contributed by atoms with Gasteiger partial charge in [-0.2, -0.15) is 0 Å². The number of allylic oxidation sites excluding steroid dienone is 2. The fourth-order valence-electron chi connectivity index (χ4n) is 8.23. The van der Waals surface area contributed by atoms with Gasteiger partial charge in [-0.3, -0.25) is 19.2 Å². The summed E-state index contributed by atoms with van der Waals surface area (Å²) in [4.78, 5) is 70.2. The first-order valence-electron chi connectivity index (χ1n) is 15.1. The maximum Gasteiger partial charge on any atom is 0.339 e. The van der Waals surface area contributed by atoms with Crippen LogP contribution in [0.3, 0.4) is 0 Å². The molecule has 3 fully saturated rings. The van der Waals surface area contributed by atoms with Crippen LogP contribution >= 0.6 is 11.6 Å². The zero-order chi connectivity index (χ0) is 34.4. The normalized spacial score (nSPS) is 27.8. The molecule has 13 heteroatoms. The first-order chi connectivity index (χ1) is 22.8. The number of carbonyl (C=O) groups is 5. The minimum Gasteiger partial charge on any atom is -0.507 e. The predicted octanol–water partition coefficient (Wildman–Crippen LogP) is 5.03. The highest BCUT2D eigenvalue weighted by Gasteiger charge is 2.67. The maximum atomic E-state index is 14.5. The number of aromatic carboxylic acids is 1. The molecule has 0 spiro atoms. The molecule has 6 atom stereocenters. The Morgan fingerprint density at radius 2 is 1.62 bits per heavy atom. The van der Waals surface area contributed by atoms with E-state index < -0.39 is 81.7 Å². The number of phenolic OH excluding ortho intramolecular Hbond substituents is 1. The number of nitrogens with zero attached hydrogens (tertiary/aromatic N) is 2. The Morgan fingerprint density at radius 1 is 0.917 bits per heavy atom. The number of imide groups is 2. The Labute approximate surface area is 277 Å². The van der Waals surface area contributed by atoms with Gasteiger partial charge in [0.15, 0.2) is 11.5 Å². The van der Waals surface area contributed by atoms with Crippen molar-refractivity contribution in [2.24, 2.45) is 29.1 Å². The van der Waals surface area contributed by atoms with Gasteiger partial charge in [-0.25, -0.2) is 19.0 Å². The van der Waals surface area contributed by atoms with Gasteiger partial charge in [-0.05, 0) is 73.7 Å². The van der Waals surface area contributed by atoms with E-state index >= 15 is 0 Å². The van der Waals surface area contributed by atoms with Crippen LogP contribution < -0.4 is 14.5 Å². The summed E-state index contributed by atoms with van der Waals surface area (Å²) < 4.78 is 19.5. The molecule has 2 heterocycles. The van der Waals surface area contributed by atoms with Gasteiger partial charge < -0.3 is 20.1 Å². The molecule has 0 radical (unpaired) electrons. The second-order valence-corrected chi connectivity index (χ2v) is 13.1. The molecule has 2 saturated heterocycles. The number of hydrogen-bond donors (Lipinski definition) is 3. The second kappa shape index (κ2) is 10.9. The van der Waals surface area contributed by atoms with Crippen LogP contribution in [0.15, 0.2) is 66.2 Å². The van der Waals surface area contributed by atoms with E-state index in [1.165, 1.54) is 31.4 Å². The van der Waals surface area contributed by atoms with E-state index in [1.54, 1.807) is 19.1 Å². The van der Waals surface area contributed by atoms with Crippen LogP contribution in [-0.2, 0) is 19.2 Å². The zero-order valence-electron chi connectivity index (χ0n) is 25.5.